The summed E-state index contributed by atoms with van der Waals surface area (Å²) in [4.78, 5) is 36.3. The van der Waals surface area contributed by atoms with Crippen LogP contribution in [0.2, 0.25) is 0 Å². The van der Waals surface area contributed by atoms with E-state index in [4.69, 9.17) is 10.5 Å². The van der Waals surface area contributed by atoms with E-state index in [2.05, 4.69) is 15.0 Å². The average molecular weight is 384 g/mol. The number of nitrogens with two attached hydrogens (primary N) is 1. The van der Waals surface area contributed by atoms with Crippen molar-refractivity contribution in [2.75, 3.05) is 12.3 Å². The van der Waals surface area contributed by atoms with Crippen molar-refractivity contribution in [1.82, 2.24) is 15.0 Å². The Labute approximate surface area is 160 Å². The summed E-state index contributed by atoms with van der Waals surface area (Å²) >= 11 is 1.20. The van der Waals surface area contributed by atoms with Crippen LogP contribution in [0.3, 0.4) is 0 Å². The number of hydrogen-bond donors (Lipinski definition) is 2. The molecular weight excluding hydrogens is 364 g/mol. The molecule has 0 amide bonds. The molecule has 7 nitrogen and oxygen atoms in total. The van der Waals surface area contributed by atoms with E-state index in [1.807, 2.05) is 31.2 Å². The Bertz CT molecular complexity index is 1020. The number of aromatic nitrogens is 3. The van der Waals surface area contributed by atoms with Crippen LogP contribution in [0, 0.1) is 6.92 Å². The van der Waals surface area contributed by atoms with E-state index in [0.29, 0.717) is 10.7 Å². The van der Waals surface area contributed by atoms with Crippen molar-refractivity contribution in [2.24, 2.45) is 0 Å². The Kier molecular flexibility index (Phi) is 5.46. The fraction of sp³-hybridized carbons (Fsp3) is 0.263. The minimum Gasteiger partial charge on any atom is -0.462 e. The number of aromatic amines is 1. The third-order valence-electron chi connectivity index (χ3n) is 4.08. The lowest BCUT2D eigenvalue weighted by molar-refractivity contribution is 0.0526. The minimum atomic E-state index is -0.565. The highest BCUT2D eigenvalue weighted by atomic mass is 32.2. The number of nitrogen functional groups attached to an aromatic ring is 1. The summed E-state index contributed by atoms with van der Waals surface area (Å²) in [5, 5.41) is 0.806. The Morgan fingerprint density at radius 3 is 2.78 bits per heavy atom. The number of H-pyrrole nitrogens is 1. The number of carbonyl (C=O) groups is 2. The molecule has 0 saturated heterocycles. The number of thioether (sulfide) groups is 1. The molecule has 1 atom stereocenters. The van der Waals surface area contributed by atoms with Gasteiger partial charge in [-0.1, -0.05) is 30.0 Å². The summed E-state index contributed by atoms with van der Waals surface area (Å²) < 4.78 is 4.91. The SMILES string of the molecule is CCOC(=O)c1cnc(SC(C)C(=O)c2c(C)[nH]c3ccccc23)nc1N. The summed E-state index contributed by atoms with van der Waals surface area (Å²) in [5.74, 6) is -0.550. The first-order valence-electron chi connectivity index (χ1n) is 8.50. The quantitative estimate of drug-likeness (QED) is 0.290. The molecule has 0 radical (unpaired) electrons. The van der Waals surface area contributed by atoms with Crippen molar-refractivity contribution >= 4 is 40.2 Å². The zero-order valence-electron chi connectivity index (χ0n) is 15.3. The molecule has 0 fully saturated rings. The molecule has 2 heterocycles. The average Bonchev–Trinajstić information content (AvgIpc) is 2.97. The molecule has 0 bridgehead atoms. The molecule has 0 aliphatic carbocycles. The van der Waals surface area contributed by atoms with Crippen LogP contribution in [-0.2, 0) is 4.74 Å². The van der Waals surface area contributed by atoms with Gasteiger partial charge in [0.15, 0.2) is 10.9 Å². The lowest BCUT2D eigenvalue weighted by Gasteiger charge is -2.11. The van der Waals surface area contributed by atoms with E-state index in [0.717, 1.165) is 16.6 Å². The standard InChI is InChI=1S/C19H20N4O3S/c1-4-26-18(25)13-9-21-19(23-17(13)20)27-11(3)16(24)15-10(2)22-14-8-6-5-7-12(14)15/h5-9,11,22H,4H2,1-3H3,(H2,20,21,23). The van der Waals surface area contributed by atoms with Gasteiger partial charge in [-0.3, -0.25) is 4.79 Å². The fourth-order valence-electron chi connectivity index (χ4n) is 2.81. The number of nitrogens with one attached hydrogen (secondary N) is 1. The Morgan fingerprint density at radius 2 is 2.07 bits per heavy atom. The highest BCUT2D eigenvalue weighted by molar-refractivity contribution is 8.00. The van der Waals surface area contributed by atoms with E-state index < -0.39 is 11.2 Å². The number of anilines is 1. The lowest BCUT2D eigenvalue weighted by atomic mass is 10.1. The molecule has 3 aromatic rings. The van der Waals surface area contributed by atoms with Crippen LogP contribution < -0.4 is 5.73 Å². The van der Waals surface area contributed by atoms with Gasteiger partial charge in [0.25, 0.3) is 0 Å². The molecule has 3 rings (SSSR count). The molecule has 0 aliphatic heterocycles. The summed E-state index contributed by atoms with van der Waals surface area (Å²) in [6, 6.07) is 7.69. The molecule has 1 unspecified atom stereocenters. The van der Waals surface area contributed by atoms with E-state index in [-0.39, 0.29) is 23.8 Å². The number of aryl methyl sites for hydroxylation is 1. The molecular formula is C19H20N4O3S. The van der Waals surface area contributed by atoms with Gasteiger partial charge in [-0.25, -0.2) is 14.8 Å². The second-order valence-electron chi connectivity index (χ2n) is 5.97. The maximum Gasteiger partial charge on any atom is 0.343 e. The van der Waals surface area contributed by atoms with Gasteiger partial charge in [-0.2, -0.15) is 0 Å². The Balaban J connectivity index is 1.81. The van der Waals surface area contributed by atoms with Gasteiger partial charge in [0.1, 0.15) is 11.4 Å². The zero-order chi connectivity index (χ0) is 19.6. The van der Waals surface area contributed by atoms with Gasteiger partial charge >= 0.3 is 5.97 Å². The van der Waals surface area contributed by atoms with E-state index >= 15 is 0 Å². The Morgan fingerprint density at radius 1 is 1.33 bits per heavy atom. The smallest absolute Gasteiger partial charge is 0.343 e. The van der Waals surface area contributed by atoms with Crippen LogP contribution in [0.25, 0.3) is 10.9 Å². The highest BCUT2D eigenvalue weighted by Crippen LogP contribution is 2.29. The summed E-state index contributed by atoms with van der Waals surface area (Å²) in [6.45, 7) is 5.63. The maximum absolute atomic E-state index is 13.0. The van der Waals surface area contributed by atoms with Crippen molar-refractivity contribution in [1.29, 1.82) is 0 Å². The second kappa shape index (κ2) is 7.79. The van der Waals surface area contributed by atoms with Crippen LogP contribution in [0.5, 0.6) is 0 Å². The normalized spacial score (nSPS) is 12.1. The van der Waals surface area contributed by atoms with Gasteiger partial charge < -0.3 is 15.5 Å². The number of ketones is 1. The van der Waals surface area contributed by atoms with Crippen molar-refractivity contribution in [3.8, 4) is 0 Å². The summed E-state index contributed by atoms with van der Waals surface area (Å²) in [7, 11) is 0. The predicted molar refractivity (Wildman–Crippen MR) is 105 cm³/mol. The largest absolute Gasteiger partial charge is 0.462 e. The third-order valence-corrected chi connectivity index (χ3v) is 5.06. The lowest BCUT2D eigenvalue weighted by Crippen LogP contribution is -2.16. The molecule has 8 heteroatoms. The van der Waals surface area contributed by atoms with Crippen molar-refractivity contribution in [3.05, 3.63) is 47.3 Å². The molecule has 27 heavy (non-hydrogen) atoms. The first-order valence-corrected chi connectivity index (χ1v) is 9.38. The van der Waals surface area contributed by atoms with Crippen LogP contribution in [0.1, 0.15) is 40.3 Å². The van der Waals surface area contributed by atoms with Crippen LogP contribution >= 0.6 is 11.8 Å². The van der Waals surface area contributed by atoms with Gasteiger partial charge in [0.05, 0.1) is 11.9 Å². The van der Waals surface area contributed by atoms with Crippen molar-refractivity contribution in [3.63, 3.8) is 0 Å². The van der Waals surface area contributed by atoms with E-state index in [1.165, 1.54) is 18.0 Å². The van der Waals surface area contributed by atoms with E-state index in [1.54, 1.807) is 13.8 Å². The zero-order valence-corrected chi connectivity index (χ0v) is 16.1. The van der Waals surface area contributed by atoms with Crippen LogP contribution in [0.15, 0.2) is 35.6 Å². The van der Waals surface area contributed by atoms with Crippen molar-refractivity contribution in [2.45, 2.75) is 31.2 Å². The highest BCUT2D eigenvalue weighted by Gasteiger charge is 2.24. The van der Waals surface area contributed by atoms with Gasteiger partial charge in [-0.05, 0) is 26.8 Å². The monoisotopic (exact) mass is 384 g/mol. The number of hydrogen-bond acceptors (Lipinski definition) is 7. The summed E-state index contributed by atoms with van der Waals surface area (Å²) in [6.07, 6.45) is 1.33. The first-order chi connectivity index (χ1) is 12.9. The molecule has 0 aliphatic rings. The number of benzene rings is 1. The summed E-state index contributed by atoms with van der Waals surface area (Å²) in [5.41, 5.74) is 8.38. The second-order valence-corrected chi connectivity index (χ2v) is 7.27. The van der Waals surface area contributed by atoms with Crippen LogP contribution in [0.4, 0.5) is 5.82 Å². The van der Waals surface area contributed by atoms with Gasteiger partial charge in [-0.15, -0.1) is 0 Å². The number of nitrogens with zero attached hydrogens (tertiary/aromatic N) is 2. The topological polar surface area (TPSA) is 111 Å². The van der Waals surface area contributed by atoms with Gasteiger partial charge in [0, 0.05) is 28.4 Å². The van der Waals surface area contributed by atoms with Crippen molar-refractivity contribution < 1.29 is 14.3 Å². The molecule has 0 saturated carbocycles. The number of para-hydroxylation sites is 1. The van der Waals surface area contributed by atoms with Crippen LogP contribution in [-0.4, -0.2) is 38.6 Å². The first kappa shape index (κ1) is 18.9. The minimum absolute atomic E-state index is 0.0217. The molecule has 140 valence electrons. The number of rotatable bonds is 6. The molecule has 2 aromatic heterocycles. The number of esters is 1. The number of fused-ring (bicyclic) bond motifs is 1. The molecule has 1 aromatic carbocycles. The maximum atomic E-state index is 13.0. The predicted octanol–water partition coefficient (Wildman–Crippen LogP) is 3.39. The molecule has 0 spiro atoms. The molecule has 3 N–H and O–H groups in total. The number of carbonyl (C=O) groups excluding carboxylic acids is 2. The fourth-order valence-corrected chi connectivity index (χ4v) is 3.62. The van der Waals surface area contributed by atoms with E-state index in [9.17, 15) is 9.59 Å². The Hall–Kier alpha value is -2.87. The third kappa shape index (κ3) is 3.80. The number of Topliss-reactive ketones (excluding diaryl/α,β-unsaturated/α-hetero) is 1. The van der Waals surface area contributed by atoms with Gasteiger partial charge in [0.2, 0.25) is 0 Å². The number of ether oxygens (including phenoxy) is 1.